The van der Waals surface area contributed by atoms with Gasteiger partial charge in [0, 0.05) is 63.5 Å². The fraction of sp³-hybridized carbons (Fsp3) is 0.550. The van der Waals surface area contributed by atoms with Crippen LogP contribution in [0.2, 0.25) is 0 Å². The molecular formula is C20H29N5O3. The molecule has 28 heavy (non-hydrogen) atoms. The average molecular weight is 387 g/mol. The van der Waals surface area contributed by atoms with E-state index in [4.69, 9.17) is 5.73 Å². The second-order valence-electron chi connectivity index (χ2n) is 7.45. The van der Waals surface area contributed by atoms with Crippen LogP contribution in [0, 0.1) is 0 Å². The van der Waals surface area contributed by atoms with Crippen molar-refractivity contribution in [1.29, 1.82) is 0 Å². The predicted octanol–water partition coefficient (Wildman–Crippen LogP) is 0.354. The summed E-state index contributed by atoms with van der Waals surface area (Å²) in [6.07, 6.45) is 2.65. The van der Waals surface area contributed by atoms with Gasteiger partial charge in [0.25, 0.3) is 0 Å². The summed E-state index contributed by atoms with van der Waals surface area (Å²) in [6, 6.07) is 6.55. The number of nitrogens with two attached hydrogens (primary N) is 1. The summed E-state index contributed by atoms with van der Waals surface area (Å²) in [5.41, 5.74) is 6.28. The molecule has 0 aliphatic carbocycles. The number of rotatable bonds is 7. The molecule has 0 unspecified atom stereocenters. The van der Waals surface area contributed by atoms with Gasteiger partial charge in [-0.2, -0.15) is 0 Å². The Hall–Kier alpha value is -2.45. The highest BCUT2D eigenvalue weighted by Crippen LogP contribution is 2.11. The van der Waals surface area contributed by atoms with Crippen LogP contribution in [0.4, 0.5) is 5.69 Å². The van der Waals surface area contributed by atoms with E-state index < -0.39 is 5.91 Å². The number of carbonyl (C=O) groups is 3. The lowest BCUT2D eigenvalue weighted by atomic mass is 10.2. The Balaban J connectivity index is 1.33. The van der Waals surface area contributed by atoms with Gasteiger partial charge in [0.15, 0.2) is 0 Å². The number of piperazine rings is 1. The van der Waals surface area contributed by atoms with Gasteiger partial charge in [-0.15, -0.1) is 0 Å². The highest BCUT2D eigenvalue weighted by atomic mass is 16.2. The van der Waals surface area contributed by atoms with Crippen LogP contribution in [0.1, 0.15) is 29.6 Å². The molecule has 3 rings (SSSR count). The zero-order valence-electron chi connectivity index (χ0n) is 16.2. The van der Waals surface area contributed by atoms with E-state index in [0.717, 1.165) is 52.1 Å². The summed E-state index contributed by atoms with van der Waals surface area (Å²) in [5, 5.41) is 2.84. The molecule has 2 aliphatic rings. The summed E-state index contributed by atoms with van der Waals surface area (Å²) < 4.78 is 0. The van der Waals surface area contributed by atoms with Gasteiger partial charge in [-0.25, -0.2) is 0 Å². The number of nitrogens with zero attached hydrogens (tertiary/aromatic N) is 3. The molecule has 152 valence electrons. The van der Waals surface area contributed by atoms with Crippen LogP contribution in [-0.2, 0) is 9.59 Å². The minimum absolute atomic E-state index is 0.0570. The smallest absolute Gasteiger partial charge is 0.248 e. The highest BCUT2D eigenvalue weighted by Gasteiger charge is 2.23. The second-order valence-corrected chi connectivity index (χ2v) is 7.45. The molecule has 0 radical (unpaired) electrons. The summed E-state index contributed by atoms with van der Waals surface area (Å²) in [5.74, 6) is -0.301. The van der Waals surface area contributed by atoms with E-state index in [9.17, 15) is 14.4 Å². The Morgan fingerprint density at radius 2 is 1.50 bits per heavy atom. The van der Waals surface area contributed by atoms with Crippen molar-refractivity contribution in [2.45, 2.75) is 19.3 Å². The third kappa shape index (κ3) is 5.77. The molecule has 0 bridgehead atoms. The largest absolute Gasteiger partial charge is 0.366 e. The molecule has 8 nitrogen and oxygen atoms in total. The van der Waals surface area contributed by atoms with Gasteiger partial charge >= 0.3 is 0 Å². The van der Waals surface area contributed by atoms with Crippen LogP contribution in [-0.4, -0.2) is 84.8 Å². The summed E-state index contributed by atoms with van der Waals surface area (Å²) in [6.45, 7) is 6.46. The van der Waals surface area contributed by atoms with Crippen molar-refractivity contribution in [3.8, 4) is 0 Å². The van der Waals surface area contributed by atoms with Crippen molar-refractivity contribution in [2.75, 3.05) is 57.7 Å². The van der Waals surface area contributed by atoms with Gasteiger partial charge in [-0.05, 0) is 37.1 Å². The van der Waals surface area contributed by atoms with E-state index in [1.54, 1.807) is 24.3 Å². The lowest BCUT2D eigenvalue weighted by Gasteiger charge is -2.34. The van der Waals surface area contributed by atoms with Crippen molar-refractivity contribution in [3.63, 3.8) is 0 Å². The van der Waals surface area contributed by atoms with Crippen LogP contribution in [0.25, 0.3) is 0 Å². The first kappa shape index (κ1) is 20.3. The van der Waals surface area contributed by atoms with E-state index in [2.05, 4.69) is 15.1 Å². The molecule has 1 aromatic carbocycles. The quantitative estimate of drug-likeness (QED) is 0.704. The fourth-order valence-electron chi connectivity index (χ4n) is 3.63. The molecule has 1 aromatic rings. The van der Waals surface area contributed by atoms with Crippen LogP contribution >= 0.6 is 0 Å². The number of amides is 3. The summed E-state index contributed by atoms with van der Waals surface area (Å²) in [4.78, 5) is 41.9. The molecular weight excluding hydrogens is 358 g/mol. The maximum absolute atomic E-state index is 12.2. The van der Waals surface area contributed by atoms with Crippen molar-refractivity contribution in [1.82, 2.24) is 14.7 Å². The molecule has 0 aromatic heterocycles. The van der Waals surface area contributed by atoms with Crippen LogP contribution in [0.15, 0.2) is 24.3 Å². The first-order chi connectivity index (χ1) is 13.5. The fourth-order valence-corrected chi connectivity index (χ4v) is 3.63. The maximum atomic E-state index is 12.2. The van der Waals surface area contributed by atoms with E-state index in [0.29, 0.717) is 30.8 Å². The lowest BCUT2D eigenvalue weighted by Crippen LogP contribution is -2.50. The van der Waals surface area contributed by atoms with Crippen molar-refractivity contribution in [2.24, 2.45) is 5.73 Å². The minimum atomic E-state index is -0.487. The van der Waals surface area contributed by atoms with Gasteiger partial charge < -0.3 is 20.9 Å². The number of benzene rings is 1. The topological polar surface area (TPSA) is 99.0 Å². The SMILES string of the molecule is NC(=O)c1ccc(NC(=O)CCN2CCN(CC(=O)N3CCCC3)CC2)cc1. The average Bonchev–Trinajstić information content (AvgIpc) is 3.23. The standard InChI is InChI=1S/C20H29N5O3/c21-20(28)16-3-5-17(6-4-16)22-18(26)7-10-23-11-13-24(14-12-23)15-19(27)25-8-1-2-9-25/h3-6H,1-2,7-15H2,(H2,21,28)(H,22,26). The number of nitrogens with one attached hydrogen (secondary N) is 1. The van der Waals surface area contributed by atoms with E-state index in [1.165, 1.54) is 0 Å². The van der Waals surface area contributed by atoms with Crippen molar-refractivity contribution in [3.05, 3.63) is 29.8 Å². The number of carbonyl (C=O) groups excluding carboxylic acids is 3. The third-order valence-corrected chi connectivity index (χ3v) is 5.39. The van der Waals surface area contributed by atoms with Crippen LogP contribution in [0.5, 0.6) is 0 Å². The Morgan fingerprint density at radius 3 is 2.11 bits per heavy atom. The number of anilines is 1. The Morgan fingerprint density at radius 1 is 0.893 bits per heavy atom. The van der Waals surface area contributed by atoms with Gasteiger partial charge in [-0.3, -0.25) is 19.3 Å². The maximum Gasteiger partial charge on any atom is 0.248 e. The van der Waals surface area contributed by atoms with Crippen molar-refractivity contribution < 1.29 is 14.4 Å². The molecule has 3 amide bonds. The summed E-state index contributed by atoms with van der Waals surface area (Å²) in [7, 11) is 0. The van der Waals surface area contributed by atoms with Gasteiger partial charge in [0.05, 0.1) is 6.54 Å². The molecule has 0 spiro atoms. The zero-order chi connectivity index (χ0) is 19.9. The lowest BCUT2D eigenvalue weighted by molar-refractivity contribution is -0.131. The number of primary amides is 1. The molecule has 2 heterocycles. The molecule has 2 aliphatic heterocycles. The number of likely N-dealkylation sites (tertiary alicyclic amines) is 1. The first-order valence-corrected chi connectivity index (χ1v) is 9.93. The second kappa shape index (κ2) is 9.66. The predicted molar refractivity (Wildman–Crippen MR) is 107 cm³/mol. The number of hydrogen-bond donors (Lipinski definition) is 2. The normalized spacial score (nSPS) is 18.2. The molecule has 0 saturated carbocycles. The Bertz CT molecular complexity index is 692. The Labute approximate surface area is 165 Å². The Kier molecular flexibility index (Phi) is 7.00. The molecule has 3 N–H and O–H groups in total. The van der Waals surface area contributed by atoms with Crippen LogP contribution < -0.4 is 11.1 Å². The molecule has 0 atom stereocenters. The molecule has 2 fully saturated rings. The zero-order valence-corrected chi connectivity index (χ0v) is 16.2. The third-order valence-electron chi connectivity index (χ3n) is 5.39. The van der Waals surface area contributed by atoms with Crippen molar-refractivity contribution >= 4 is 23.4 Å². The molecule has 2 saturated heterocycles. The van der Waals surface area contributed by atoms with E-state index >= 15 is 0 Å². The summed E-state index contributed by atoms with van der Waals surface area (Å²) >= 11 is 0. The molecule has 8 heteroatoms. The van der Waals surface area contributed by atoms with E-state index in [1.807, 2.05) is 4.90 Å². The van der Waals surface area contributed by atoms with Gasteiger partial charge in [-0.1, -0.05) is 0 Å². The van der Waals surface area contributed by atoms with Gasteiger partial charge in [0.1, 0.15) is 0 Å². The van der Waals surface area contributed by atoms with E-state index in [-0.39, 0.29) is 11.8 Å². The van der Waals surface area contributed by atoms with Crippen LogP contribution in [0.3, 0.4) is 0 Å². The van der Waals surface area contributed by atoms with Gasteiger partial charge in [0.2, 0.25) is 17.7 Å². The monoisotopic (exact) mass is 387 g/mol. The number of hydrogen-bond acceptors (Lipinski definition) is 5. The first-order valence-electron chi connectivity index (χ1n) is 9.93. The minimum Gasteiger partial charge on any atom is -0.366 e. The highest BCUT2D eigenvalue weighted by molar-refractivity contribution is 5.94.